The van der Waals surface area contributed by atoms with Crippen LogP contribution in [0, 0.1) is 27.7 Å². The van der Waals surface area contributed by atoms with Crippen molar-refractivity contribution in [3.05, 3.63) is 139 Å². The van der Waals surface area contributed by atoms with Gasteiger partial charge in [0.25, 0.3) is 0 Å². The third-order valence-electron chi connectivity index (χ3n) is 24.2. The van der Waals surface area contributed by atoms with Crippen molar-refractivity contribution in [2.75, 3.05) is 0 Å². The van der Waals surface area contributed by atoms with Crippen molar-refractivity contribution in [2.45, 2.75) is 27.7 Å². The minimum Gasteiger partial charge on any atom is -0.263 e. The van der Waals surface area contributed by atoms with Gasteiger partial charge in [0.2, 0.25) is 0 Å². The molecule has 0 radical (unpaired) electrons. The number of aromatic nitrogens is 7. The van der Waals surface area contributed by atoms with Crippen molar-refractivity contribution in [1.82, 2.24) is 34.9 Å². The molecule has 0 bridgehead atoms. The van der Waals surface area contributed by atoms with Crippen molar-refractivity contribution in [2.24, 2.45) is 0 Å². The van der Waals surface area contributed by atoms with E-state index in [1.54, 1.807) is 0 Å². The standard InChI is InChI=1S/C81H31N7/c1-24-8-10-30-32-13-35-58-59-34(80-78-62-42(22-87-80)29-7-5-6-28-36-14-82-17-39-43-20-85-26(3)48-46(24)54(30)70-72(56(32)68(58)78)76(62)64(50(28)29)65(51(36)39)74(70)60(43)48)12-33-31-11-9-25(2)47-49-27(4)86-21-44-40-18-83-15-37-38-16-84-19-41-45-23-88-81(35)79-63(45)77-67(53(38)41)66(52(37)40)75(61(44)49)71(55(31)47)73(77)57(33)69(59)79/h5-23H,1-4H3. The molecule has 88 heavy (non-hydrogen) atoms. The number of rotatable bonds is 0. The summed E-state index contributed by atoms with van der Waals surface area (Å²) in [6.07, 6.45) is 21.5. The topological polar surface area (TPSA) is 90.2 Å². The Morgan fingerprint density at radius 1 is 0.182 bits per heavy atom. The second-order valence-corrected chi connectivity index (χ2v) is 27.2. The van der Waals surface area contributed by atoms with E-state index in [1.165, 1.54) is 259 Å². The molecule has 0 aliphatic rings. The summed E-state index contributed by atoms with van der Waals surface area (Å²) in [5, 5.41) is 66.5. The molecule has 0 unspecified atom stereocenters. The molecule has 0 aliphatic heterocycles. The van der Waals surface area contributed by atoms with Crippen LogP contribution >= 0.6 is 0 Å². The Balaban J connectivity index is 1.02. The summed E-state index contributed by atoms with van der Waals surface area (Å²) in [5.74, 6) is 0. The van der Waals surface area contributed by atoms with Crippen LogP contribution in [0.1, 0.15) is 22.5 Å². The molecule has 0 atom stereocenters. The molecular formula is C81H31N7. The summed E-state index contributed by atoms with van der Waals surface area (Å²) >= 11 is 0. The van der Waals surface area contributed by atoms with E-state index in [0.29, 0.717) is 0 Å². The largest absolute Gasteiger partial charge is 0.263 e. The van der Waals surface area contributed by atoms with Gasteiger partial charge in [-0.05, 0) is 148 Å². The van der Waals surface area contributed by atoms with E-state index in [4.69, 9.17) is 34.9 Å². The zero-order valence-electron chi connectivity index (χ0n) is 47.1. The van der Waals surface area contributed by atoms with Crippen LogP contribution in [0.5, 0.6) is 0 Å². The molecular weight excluding hydrogens is 1070 g/mol. The Morgan fingerprint density at radius 3 is 0.841 bits per heavy atom. The molecule has 0 saturated heterocycles. The van der Waals surface area contributed by atoms with Gasteiger partial charge < -0.3 is 0 Å². The van der Waals surface area contributed by atoms with Gasteiger partial charge >= 0.3 is 0 Å². The molecule has 0 N–H and O–H groups in total. The monoisotopic (exact) mass is 1100 g/mol. The molecule has 0 spiro atoms. The Kier molecular flexibility index (Phi) is 5.48. The van der Waals surface area contributed by atoms with Gasteiger partial charge in [0.15, 0.2) is 0 Å². The summed E-state index contributed by atoms with van der Waals surface area (Å²) in [5.41, 5.74) is 6.78. The molecule has 7 aromatic heterocycles. The van der Waals surface area contributed by atoms with Gasteiger partial charge in [0.1, 0.15) is 0 Å². The van der Waals surface area contributed by atoms with Gasteiger partial charge in [0.05, 0.1) is 11.0 Å². The van der Waals surface area contributed by atoms with E-state index >= 15 is 0 Å². The van der Waals surface area contributed by atoms with Crippen LogP contribution < -0.4 is 0 Å². The lowest BCUT2D eigenvalue weighted by Gasteiger charge is -2.32. The van der Waals surface area contributed by atoms with Gasteiger partial charge in [-0.15, -0.1) is 0 Å². The molecule has 7 heteroatoms. The zero-order chi connectivity index (χ0) is 55.9. The van der Waals surface area contributed by atoms with E-state index in [0.717, 1.165) is 54.7 Å². The van der Waals surface area contributed by atoms with Crippen molar-refractivity contribution in [3.63, 3.8) is 0 Å². The van der Waals surface area contributed by atoms with Crippen LogP contribution in [0.25, 0.3) is 291 Å². The number of nitrogens with zero attached hydrogens (tertiary/aromatic N) is 7. The Hall–Kier alpha value is -11.4. The summed E-state index contributed by atoms with van der Waals surface area (Å²) < 4.78 is 0. The van der Waals surface area contributed by atoms with Crippen molar-refractivity contribution in [1.29, 1.82) is 0 Å². The molecule has 0 aliphatic carbocycles. The summed E-state index contributed by atoms with van der Waals surface area (Å²) in [6.45, 7) is 9.10. The molecule has 7 nitrogen and oxygen atoms in total. The quantitative estimate of drug-likeness (QED) is 0.110. The number of hydrogen-bond donors (Lipinski definition) is 0. The van der Waals surface area contributed by atoms with Gasteiger partial charge in [0, 0.05) is 256 Å². The summed E-state index contributed by atoms with van der Waals surface area (Å²) in [4.78, 5) is 37.9. The molecule has 0 amide bonds. The van der Waals surface area contributed by atoms with Crippen LogP contribution in [0.4, 0.5) is 0 Å². The van der Waals surface area contributed by atoms with E-state index in [-0.39, 0.29) is 0 Å². The van der Waals surface area contributed by atoms with Crippen LogP contribution in [-0.2, 0) is 0 Å². The van der Waals surface area contributed by atoms with Crippen molar-refractivity contribution >= 4 is 291 Å². The smallest absolute Gasteiger partial charge is 0.0794 e. The average molecular weight is 1100 g/mol. The lowest BCUT2D eigenvalue weighted by atomic mass is 9.70. The average Bonchev–Trinajstić information content (AvgIpc) is 0.637. The Bertz CT molecular complexity index is 7760. The first-order chi connectivity index (χ1) is 43.4. The fraction of sp³-hybridized carbons (Fsp3) is 0.0494. The molecule has 0 fully saturated rings. The van der Waals surface area contributed by atoms with Crippen LogP contribution in [-0.4, -0.2) is 34.9 Å². The van der Waals surface area contributed by atoms with Gasteiger partial charge in [-0.1, -0.05) is 42.5 Å². The van der Waals surface area contributed by atoms with Crippen LogP contribution in [0.3, 0.4) is 0 Å². The minimum atomic E-state index is 1.05. The first-order valence-electron chi connectivity index (χ1n) is 30.8. The van der Waals surface area contributed by atoms with E-state index in [1.807, 2.05) is 0 Å². The lowest BCUT2D eigenvalue weighted by Crippen LogP contribution is -2.05. The lowest BCUT2D eigenvalue weighted by molar-refractivity contribution is 1.25. The van der Waals surface area contributed by atoms with Crippen LogP contribution in [0.2, 0.25) is 0 Å². The highest BCUT2D eigenvalue weighted by molar-refractivity contribution is 6.68. The SMILES string of the molecule is Cc1ncc2c3cncc4c5cccc6c7cnc8c9cc%10c%11ccc(C)c%12c%13c(C)ncc%14c%15cncc%16c%17cncc%18c%19cnc%20c%21cc%22c%23ccc(C)c%24c1c2c1c(c43)c(c56)c2c7c8c(c%21c9c3c%10c4c(c%11%12)c(c%14%13)c(c%16%15)c(c%17%18)c4c%19c%203)c%22c2c1c%23%24. The number of fused-ring (bicyclic) bond motifs is 12. The Morgan fingerprint density at radius 2 is 0.443 bits per heavy atom. The highest BCUT2D eigenvalue weighted by Crippen LogP contribution is 2.67. The highest BCUT2D eigenvalue weighted by Gasteiger charge is 2.39. The molecule has 28 rings (SSSR count). The van der Waals surface area contributed by atoms with Gasteiger partial charge in [-0.25, -0.2) is 0 Å². The second-order valence-electron chi connectivity index (χ2n) is 27.2. The molecule has 0 saturated carbocycles. The highest BCUT2D eigenvalue weighted by atomic mass is 14.7. The molecule has 28 aromatic rings. The van der Waals surface area contributed by atoms with E-state index < -0.39 is 0 Å². The van der Waals surface area contributed by atoms with E-state index in [2.05, 4.69) is 144 Å². The number of pyridine rings is 7. The predicted molar refractivity (Wildman–Crippen MR) is 370 cm³/mol. The maximum absolute atomic E-state index is 5.98. The number of hydrogen-bond acceptors (Lipinski definition) is 7. The van der Waals surface area contributed by atoms with Crippen molar-refractivity contribution < 1.29 is 0 Å². The summed E-state index contributed by atoms with van der Waals surface area (Å²) in [7, 11) is 0. The molecule has 7 heterocycles. The normalized spacial score (nSPS) is 14.4. The fourth-order valence-electron chi connectivity index (χ4n) is 21.5. The number of aryl methyl sites for hydroxylation is 4. The second kappa shape index (κ2) is 11.8. The summed E-state index contributed by atoms with van der Waals surface area (Å²) in [6, 6.07) is 21.9. The third kappa shape index (κ3) is 3.44. The number of benzene rings is 21. The van der Waals surface area contributed by atoms with Gasteiger partial charge in [-0.2, -0.15) is 0 Å². The van der Waals surface area contributed by atoms with Crippen LogP contribution in [0.15, 0.2) is 117 Å². The van der Waals surface area contributed by atoms with E-state index in [9.17, 15) is 0 Å². The zero-order valence-corrected chi connectivity index (χ0v) is 47.1. The third-order valence-corrected chi connectivity index (χ3v) is 24.2. The molecule has 390 valence electrons. The fourth-order valence-corrected chi connectivity index (χ4v) is 21.5. The Labute approximate surface area is 490 Å². The first kappa shape index (κ1) is 40.8. The molecule has 21 aromatic carbocycles. The van der Waals surface area contributed by atoms with Gasteiger partial charge in [-0.3, -0.25) is 34.9 Å². The first-order valence-corrected chi connectivity index (χ1v) is 30.8. The maximum Gasteiger partial charge on any atom is 0.0794 e. The maximum atomic E-state index is 5.98. The van der Waals surface area contributed by atoms with Crippen molar-refractivity contribution in [3.8, 4) is 0 Å². The minimum absolute atomic E-state index is 1.05. The predicted octanol–water partition coefficient (Wildman–Crippen LogP) is 21.4.